The molecule has 2 heterocycles. The van der Waals surface area contributed by atoms with Crippen molar-refractivity contribution in [2.75, 3.05) is 13.7 Å². The second-order valence-corrected chi connectivity index (χ2v) is 6.74. The number of hydrogen-bond donors (Lipinski definition) is 1. The van der Waals surface area contributed by atoms with E-state index >= 15 is 0 Å². The molecule has 0 bridgehead atoms. The molecule has 0 atom stereocenters. The lowest BCUT2D eigenvalue weighted by Crippen LogP contribution is -2.25. The molecule has 1 N–H and O–H groups in total. The molecule has 0 aliphatic rings. The molecule has 1 amide bonds. The third-order valence-corrected chi connectivity index (χ3v) is 4.32. The molecular weight excluding hydrogens is 430 g/mol. The summed E-state index contributed by atoms with van der Waals surface area (Å²) in [5, 5.41) is 23.9. The molecule has 0 unspecified atom stereocenters. The van der Waals surface area contributed by atoms with Gasteiger partial charge in [0.15, 0.2) is 6.61 Å². The van der Waals surface area contributed by atoms with Crippen molar-refractivity contribution in [1.82, 2.24) is 10.4 Å². The second kappa shape index (κ2) is 10.7. The number of pyridine rings is 1. The van der Waals surface area contributed by atoms with E-state index in [4.69, 9.17) is 13.9 Å². The molecule has 0 spiro atoms. The summed E-state index contributed by atoms with van der Waals surface area (Å²) in [5.74, 6) is 0.333. The topological polar surface area (TPSA) is 153 Å². The largest absolute Gasteiger partial charge is 0.467 e. The van der Waals surface area contributed by atoms with E-state index in [1.807, 2.05) is 6.07 Å². The number of amides is 1. The van der Waals surface area contributed by atoms with Crippen LogP contribution in [0.3, 0.4) is 0 Å². The van der Waals surface area contributed by atoms with Crippen LogP contribution in [0.2, 0.25) is 0 Å². The summed E-state index contributed by atoms with van der Waals surface area (Å²) in [6, 6.07) is 13.0. The summed E-state index contributed by atoms with van der Waals surface area (Å²) in [5.41, 5.74) is 4.37. The first kappa shape index (κ1) is 23.1. The van der Waals surface area contributed by atoms with E-state index in [9.17, 15) is 20.2 Å². The quantitative estimate of drug-likeness (QED) is 0.297. The number of hydrazone groups is 1. The lowest BCUT2D eigenvalue weighted by atomic mass is 10.1. The van der Waals surface area contributed by atoms with Crippen molar-refractivity contribution in [3.63, 3.8) is 0 Å². The van der Waals surface area contributed by atoms with Crippen molar-refractivity contribution in [3.05, 3.63) is 75.2 Å². The number of hydrogen-bond acceptors (Lipinski definition) is 9. The number of nitro groups is 1. The highest BCUT2D eigenvalue weighted by molar-refractivity contribution is 5.81. The smallest absolute Gasteiger partial charge is 0.278 e. The molecule has 168 valence electrons. The number of ether oxygens (including phenoxy) is 2. The highest BCUT2D eigenvalue weighted by Gasteiger charge is 2.14. The number of nitrogens with zero attached hydrogens (tertiary/aromatic N) is 4. The van der Waals surface area contributed by atoms with Crippen LogP contribution in [0.15, 0.2) is 52.0 Å². The van der Waals surface area contributed by atoms with Crippen molar-refractivity contribution >= 4 is 17.8 Å². The van der Waals surface area contributed by atoms with Crippen molar-refractivity contribution in [1.29, 1.82) is 5.26 Å². The first-order chi connectivity index (χ1) is 15.9. The summed E-state index contributed by atoms with van der Waals surface area (Å²) in [7, 11) is 1.51. The number of carbonyl (C=O) groups excluding carboxylic acids is 1. The van der Waals surface area contributed by atoms with Gasteiger partial charge >= 0.3 is 0 Å². The monoisotopic (exact) mass is 449 g/mol. The van der Waals surface area contributed by atoms with Crippen LogP contribution in [0, 0.1) is 28.4 Å². The van der Waals surface area contributed by atoms with E-state index in [1.165, 1.54) is 25.5 Å². The molecule has 0 radical (unpaired) electrons. The SMILES string of the molecule is COCc1cc(C)nc(OCC(=O)N/N=C\c2ccc(-c3ccc([N+](=O)[O-])cc3)o2)c1C#N. The maximum atomic E-state index is 12.0. The minimum Gasteiger partial charge on any atom is -0.467 e. The predicted octanol–water partition coefficient (Wildman–Crippen LogP) is 3.11. The van der Waals surface area contributed by atoms with Crippen molar-refractivity contribution < 1.29 is 23.6 Å². The van der Waals surface area contributed by atoms with Crippen molar-refractivity contribution in [2.24, 2.45) is 5.10 Å². The van der Waals surface area contributed by atoms with Gasteiger partial charge in [-0.15, -0.1) is 0 Å². The fourth-order valence-electron chi connectivity index (χ4n) is 2.86. The van der Waals surface area contributed by atoms with Gasteiger partial charge in [-0.3, -0.25) is 14.9 Å². The number of benzene rings is 1. The van der Waals surface area contributed by atoms with Gasteiger partial charge in [0.25, 0.3) is 11.6 Å². The zero-order valence-corrected chi connectivity index (χ0v) is 17.8. The molecular formula is C22H19N5O6. The van der Waals surface area contributed by atoms with E-state index in [2.05, 4.69) is 15.5 Å². The Labute approximate surface area is 188 Å². The van der Waals surface area contributed by atoms with Crippen LogP contribution in [0.5, 0.6) is 5.88 Å². The van der Waals surface area contributed by atoms with Crippen LogP contribution in [0.1, 0.15) is 22.6 Å². The Morgan fingerprint density at radius 3 is 2.76 bits per heavy atom. The normalized spacial score (nSPS) is 10.7. The fraction of sp³-hybridized carbons (Fsp3) is 0.182. The Morgan fingerprint density at radius 1 is 1.33 bits per heavy atom. The van der Waals surface area contributed by atoms with Gasteiger partial charge in [0.1, 0.15) is 23.2 Å². The summed E-state index contributed by atoms with van der Waals surface area (Å²) < 4.78 is 16.1. The van der Waals surface area contributed by atoms with Gasteiger partial charge in [-0.05, 0) is 37.3 Å². The van der Waals surface area contributed by atoms with Crippen LogP contribution in [-0.2, 0) is 16.1 Å². The highest BCUT2D eigenvalue weighted by Crippen LogP contribution is 2.24. The molecule has 0 aliphatic carbocycles. The Bertz CT molecular complexity index is 1230. The van der Waals surface area contributed by atoms with Crippen LogP contribution in [0.25, 0.3) is 11.3 Å². The standard InChI is InChI=1S/C22H19N5O6/c1-14-9-16(12-31-2)19(10-23)22(25-14)32-13-21(28)26-24-11-18-7-8-20(33-18)15-3-5-17(6-4-15)27(29)30/h3-9,11H,12-13H2,1-2H3,(H,26,28)/b24-11-. The van der Waals surface area contributed by atoms with Gasteiger partial charge in [0.05, 0.1) is 17.7 Å². The summed E-state index contributed by atoms with van der Waals surface area (Å²) in [4.78, 5) is 26.5. The van der Waals surface area contributed by atoms with Crippen LogP contribution in [0.4, 0.5) is 5.69 Å². The van der Waals surface area contributed by atoms with E-state index in [-0.39, 0.29) is 23.7 Å². The molecule has 3 rings (SSSR count). The number of furan rings is 1. The lowest BCUT2D eigenvalue weighted by Gasteiger charge is -2.10. The summed E-state index contributed by atoms with van der Waals surface area (Å²) in [6.07, 6.45) is 1.30. The number of aryl methyl sites for hydroxylation is 1. The molecule has 11 nitrogen and oxygen atoms in total. The fourth-order valence-corrected chi connectivity index (χ4v) is 2.86. The number of non-ortho nitro benzene ring substituents is 1. The van der Waals surface area contributed by atoms with E-state index in [0.29, 0.717) is 28.3 Å². The molecule has 1 aromatic carbocycles. The van der Waals surface area contributed by atoms with Gasteiger partial charge in [0, 0.05) is 36.1 Å². The first-order valence-electron chi connectivity index (χ1n) is 9.60. The number of nitrogens with one attached hydrogen (secondary N) is 1. The maximum absolute atomic E-state index is 12.0. The Hall–Kier alpha value is -4.56. The summed E-state index contributed by atoms with van der Waals surface area (Å²) in [6.45, 7) is 1.55. The van der Waals surface area contributed by atoms with Gasteiger partial charge in [-0.25, -0.2) is 10.4 Å². The van der Waals surface area contributed by atoms with Gasteiger partial charge in [0.2, 0.25) is 5.88 Å². The van der Waals surface area contributed by atoms with Gasteiger partial charge in [-0.2, -0.15) is 10.4 Å². The minimum atomic E-state index is -0.561. The molecule has 0 saturated carbocycles. The molecule has 0 aliphatic heterocycles. The maximum Gasteiger partial charge on any atom is 0.278 e. The van der Waals surface area contributed by atoms with Gasteiger partial charge in [-0.1, -0.05) is 0 Å². The predicted molar refractivity (Wildman–Crippen MR) is 116 cm³/mol. The zero-order chi connectivity index (χ0) is 23.8. The van der Waals surface area contributed by atoms with E-state index < -0.39 is 17.4 Å². The Kier molecular flexibility index (Phi) is 7.46. The zero-order valence-electron chi connectivity index (χ0n) is 17.8. The lowest BCUT2D eigenvalue weighted by molar-refractivity contribution is -0.384. The average molecular weight is 449 g/mol. The Morgan fingerprint density at radius 2 is 2.09 bits per heavy atom. The number of rotatable bonds is 9. The first-order valence-corrected chi connectivity index (χ1v) is 9.60. The van der Waals surface area contributed by atoms with E-state index in [0.717, 1.165) is 0 Å². The Balaban J connectivity index is 1.57. The third-order valence-electron chi connectivity index (χ3n) is 4.32. The van der Waals surface area contributed by atoms with Crippen LogP contribution >= 0.6 is 0 Å². The molecule has 33 heavy (non-hydrogen) atoms. The number of nitriles is 1. The van der Waals surface area contributed by atoms with Crippen LogP contribution in [-0.4, -0.2) is 35.7 Å². The van der Waals surface area contributed by atoms with Crippen molar-refractivity contribution in [2.45, 2.75) is 13.5 Å². The molecule has 0 fully saturated rings. The van der Waals surface area contributed by atoms with Crippen LogP contribution < -0.4 is 10.2 Å². The number of nitro benzene ring substituents is 1. The highest BCUT2D eigenvalue weighted by atomic mass is 16.6. The molecule has 0 saturated heterocycles. The number of methoxy groups -OCH3 is 1. The summed E-state index contributed by atoms with van der Waals surface area (Å²) >= 11 is 0. The molecule has 11 heteroatoms. The number of carbonyl (C=O) groups is 1. The average Bonchev–Trinajstić information content (AvgIpc) is 3.26. The number of aromatic nitrogens is 1. The second-order valence-electron chi connectivity index (χ2n) is 6.74. The van der Waals surface area contributed by atoms with Crippen molar-refractivity contribution in [3.8, 4) is 23.3 Å². The molecule has 2 aromatic heterocycles. The minimum absolute atomic E-state index is 0.0188. The molecule has 3 aromatic rings. The third kappa shape index (κ3) is 5.99. The van der Waals surface area contributed by atoms with E-state index in [1.54, 1.807) is 37.3 Å². The van der Waals surface area contributed by atoms with Gasteiger partial charge < -0.3 is 13.9 Å².